The predicted molar refractivity (Wildman–Crippen MR) is 55.9 cm³/mol. The molecule has 5 heteroatoms. The normalized spacial score (nSPS) is 10.9. The smallest absolute Gasteiger partial charge is 0.339 e. The van der Waals surface area contributed by atoms with Crippen LogP contribution < -0.4 is 5.32 Å². The Morgan fingerprint density at radius 1 is 1.60 bits per heavy atom. The van der Waals surface area contributed by atoms with Crippen LogP contribution in [0.1, 0.15) is 16.1 Å². The Morgan fingerprint density at radius 2 is 2.33 bits per heavy atom. The van der Waals surface area contributed by atoms with E-state index in [0.29, 0.717) is 12.3 Å². The van der Waals surface area contributed by atoms with Crippen molar-refractivity contribution in [2.24, 2.45) is 0 Å². The molecule has 1 rings (SSSR count). The highest BCUT2D eigenvalue weighted by Gasteiger charge is 2.12. The van der Waals surface area contributed by atoms with Crippen molar-refractivity contribution in [2.75, 3.05) is 27.2 Å². The molecule has 1 aromatic rings. The highest BCUT2D eigenvalue weighted by atomic mass is 16.4. The standard InChI is InChI=1S/C10H16N2O3/c1-12(2)5-4-11-7-9-8(10(13)14)3-6-15-9/h3,6,11H,4-5,7H2,1-2H3,(H,13,14). The van der Waals surface area contributed by atoms with E-state index in [1.54, 1.807) is 0 Å². The van der Waals surface area contributed by atoms with Gasteiger partial charge in [0.15, 0.2) is 0 Å². The van der Waals surface area contributed by atoms with Crippen LogP contribution in [0.3, 0.4) is 0 Å². The minimum absolute atomic E-state index is 0.229. The first kappa shape index (κ1) is 11.7. The third kappa shape index (κ3) is 3.73. The molecular formula is C10H16N2O3. The fraction of sp³-hybridized carbons (Fsp3) is 0.500. The number of hydrogen-bond donors (Lipinski definition) is 2. The monoisotopic (exact) mass is 212 g/mol. The number of aromatic carboxylic acids is 1. The van der Waals surface area contributed by atoms with Crippen LogP contribution in [0, 0.1) is 0 Å². The first-order valence-electron chi connectivity index (χ1n) is 4.76. The van der Waals surface area contributed by atoms with E-state index < -0.39 is 5.97 Å². The number of nitrogens with zero attached hydrogens (tertiary/aromatic N) is 1. The summed E-state index contributed by atoms with van der Waals surface area (Å²) in [7, 11) is 3.97. The molecule has 0 atom stereocenters. The lowest BCUT2D eigenvalue weighted by Gasteiger charge is -2.09. The molecule has 0 aliphatic heterocycles. The zero-order valence-electron chi connectivity index (χ0n) is 8.99. The topological polar surface area (TPSA) is 65.7 Å². The molecule has 0 fully saturated rings. The van der Waals surface area contributed by atoms with Crippen molar-refractivity contribution in [3.05, 3.63) is 23.7 Å². The van der Waals surface area contributed by atoms with Gasteiger partial charge < -0.3 is 19.7 Å². The van der Waals surface area contributed by atoms with E-state index in [4.69, 9.17) is 9.52 Å². The summed E-state index contributed by atoms with van der Waals surface area (Å²) in [6.45, 7) is 2.15. The molecule has 0 aliphatic carbocycles. The number of carboxylic acids is 1. The van der Waals surface area contributed by atoms with Gasteiger partial charge in [-0.15, -0.1) is 0 Å². The van der Waals surface area contributed by atoms with Gasteiger partial charge in [0.05, 0.1) is 12.8 Å². The molecule has 1 heterocycles. The molecule has 0 spiro atoms. The number of rotatable bonds is 6. The molecule has 0 radical (unpaired) electrons. The maximum absolute atomic E-state index is 10.7. The third-order valence-corrected chi connectivity index (χ3v) is 2.00. The van der Waals surface area contributed by atoms with E-state index in [-0.39, 0.29) is 5.56 Å². The molecule has 84 valence electrons. The summed E-state index contributed by atoms with van der Waals surface area (Å²) in [6.07, 6.45) is 1.40. The SMILES string of the molecule is CN(C)CCNCc1occc1C(=O)O. The second kappa shape index (κ2) is 5.53. The average molecular weight is 212 g/mol. The van der Waals surface area contributed by atoms with Gasteiger partial charge in [0.1, 0.15) is 11.3 Å². The fourth-order valence-corrected chi connectivity index (χ4v) is 1.17. The molecule has 0 saturated carbocycles. The predicted octanol–water partition coefficient (Wildman–Crippen LogP) is 0.629. The van der Waals surface area contributed by atoms with Crippen LogP contribution in [0.25, 0.3) is 0 Å². The lowest BCUT2D eigenvalue weighted by atomic mass is 10.2. The Labute approximate surface area is 88.7 Å². The minimum Gasteiger partial charge on any atom is -0.478 e. The maximum atomic E-state index is 10.7. The van der Waals surface area contributed by atoms with Gasteiger partial charge in [-0.25, -0.2) is 4.79 Å². The van der Waals surface area contributed by atoms with Crippen LogP contribution in [0.15, 0.2) is 16.7 Å². The van der Waals surface area contributed by atoms with E-state index in [9.17, 15) is 4.79 Å². The first-order chi connectivity index (χ1) is 7.11. The summed E-state index contributed by atoms with van der Waals surface area (Å²) in [5.74, 6) is -0.477. The molecule has 0 unspecified atom stereocenters. The van der Waals surface area contributed by atoms with Gasteiger partial charge in [-0.3, -0.25) is 0 Å². The van der Waals surface area contributed by atoms with Crippen molar-refractivity contribution in [1.82, 2.24) is 10.2 Å². The maximum Gasteiger partial charge on any atom is 0.339 e. The van der Waals surface area contributed by atoms with Gasteiger partial charge in [-0.2, -0.15) is 0 Å². The minimum atomic E-state index is -0.951. The fourth-order valence-electron chi connectivity index (χ4n) is 1.17. The van der Waals surface area contributed by atoms with Crippen molar-refractivity contribution >= 4 is 5.97 Å². The summed E-state index contributed by atoms with van der Waals surface area (Å²) in [5.41, 5.74) is 0.229. The summed E-state index contributed by atoms with van der Waals surface area (Å²) in [4.78, 5) is 12.8. The lowest BCUT2D eigenvalue weighted by molar-refractivity contribution is 0.0694. The highest BCUT2D eigenvalue weighted by Crippen LogP contribution is 2.09. The van der Waals surface area contributed by atoms with Crippen molar-refractivity contribution in [2.45, 2.75) is 6.54 Å². The molecule has 1 aromatic heterocycles. The second-order valence-electron chi connectivity index (χ2n) is 3.54. The van der Waals surface area contributed by atoms with E-state index in [0.717, 1.165) is 13.1 Å². The van der Waals surface area contributed by atoms with Gasteiger partial charge in [0.2, 0.25) is 0 Å². The van der Waals surface area contributed by atoms with Crippen LogP contribution in [0.2, 0.25) is 0 Å². The summed E-state index contributed by atoms with van der Waals surface area (Å²) in [5, 5.41) is 11.9. The number of carboxylic acid groups (broad SMARTS) is 1. The van der Waals surface area contributed by atoms with Crippen LogP contribution in [-0.2, 0) is 6.54 Å². The van der Waals surface area contributed by atoms with Crippen molar-refractivity contribution in [3.8, 4) is 0 Å². The number of hydrogen-bond acceptors (Lipinski definition) is 4. The van der Waals surface area contributed by atoms with E-state index in [1.165, 1.54) is 12.3 Å². The second-order valence-corrected chi connectivity index (χ2v) is 3.54. The Balaban J connectivity index is 2.37. The zero-order chi connectivity index (χ0) is 11.3. The number of nitrogens with one attached hydrogen (secondary N) is 1. The first-order valence-corrected chi connectivity index (χ1v) is 4.76. The Bertz CT molecular complexity index is 320. The number of likely N-dealkylation sites (N-methyl/N-ethyl adjacent to an activating group) is 1. The molecule has 0 aliphatic rings. The van der Waals surface area contributed by atoms with Gasteiger partial charge in [0.25, 0.3) is 0 Å². The third-order valence-electron chi connectivity index (χ3n) is 2.00. The summed E-state index contributed by atoms with van der Waals surface area (Å²) in [6, 6.07) is 1.46. The Kier molecular flexibility index (Phi) is 4.33. The average Bonchev–Trinajstić information content (AvgIpc) is 2.60. The Hall–Kier alpha value is -1.33. The number of furan rings is 1. The molecule has 0 aromatic carbocycles. The molecule has 0 bridgehead atoms. The van der Waals surface area contributed by atoms with Gasteiger partial charge >= 0.3 is 5.97 Å². The van der Waals surface area contributed by atoms with Crippen LogP contribution in [-0.4, -0.2) is 43.2 Å². The molecule has 5 nitrogen and oxygen atoms in total. The Morgan fingerprint density at radius 3 is 2.93 bits per heavy atom. The quantitative estimate of drug-likeness (QED) is 0.677. The molecule has 0 amide bonds. The summed E-state index contributed by atoms with van der Waals surface area (Å²) >= 11 is 0. The van der Waals surface area contributed by atoms with Crippen LogP contribution in [0.5, 0.6) is 0 Å². The largest absolute Gasteiger partial charge is 0.478 e. The zero-order valence-corrected chi connectivity index (χ0v) is 8.99. The van der Waals surface area contributed by atoms with Crippen LogP contribution >= 0.6 is 0 Å². The molecule has 15 heavy (non-hydrogen) atoms. The molecule has 2 N–H and O–H groups in total. The van der Waals surface area contributed by atoms with Crippen molar-refractivity contribution in [3.63, 3.8) is 0 Å². The van der Waals surface area contributed by atoms with E-state index >= 15 is 0 Å². The van der Waals surface area contributed by atoms with E-state index in [2.05, 4.69) is 5.32 Å². The number of carbonyl (C=O) groups is 1. The van der Waals surface area contributed by atoms with Crippen molar-refractivity contribution in [1.29, 1.82) is 0 Å². The van der Waals surface area contributed by atoms with Gasteiger partial charge in [-0.1, -0.05) is 0 Å². The van der Waals surface area contributed by atoms with Crippen molar-refractivity contribution < 1.29 is 14.3 Å². The lowest BCUT2D eigenvalue weighted by Crippen LogP contribution is -2.26. The van der Waals surface area contributed by atoms with Gasteiger partial charge in [0, 0.05) is 13.1 Å². The molecular weight excluding hydrogens is 196 g/mol. The highest BCUT2D eigenvalue weighted by molar-refractivity contribution is 5.88. The molecule has 0 saturated heterocycles. The van der Waals surface area contributed by atoms with Gasteiger partial charge in [-0.05, 0) is 20.2 Å². The van der Waals surface area contributed by atoms with E-state index in [1.807, 2.05) is 19.0 Å². The summed E-state index contributed by atoms with van der Waals surface area (Å²) < 4.78 is 5.08. The van der Waals surface area contributed by atoms with Crippen LogP contribution in [0.4, 0.5) is 0 Å².